The van der Waals surface area contributed by atoms with Crippen molar-refractivity contribution in [3.8, 4) is 5.75 Å². The van der Waals surface area contributed by atoms with E-state index in [4.69, 9.17) is 15.2 Å². The molecule has 0 saturated heterocycles. The lowest BCUT2D eigenvalue weighted by Crippen LogP contribution is -2.36. The molecule has 0 aliphatic heterocycles. The monoisotopic (exact) mass is 317 g/mol. The highest BCUT2D eigenvalue weighted by Gasteiger charge is 2.47. The molecule has 2 aliphatic carbocycles. The van der Waals surface area contributed by atoms with Crippen LogP contribution in [0.15, 0.2) is 18.2 Å². The van der Waals surface area contributed by atoms with Crippen LogP contribution in [0, 0.1) is 11.3 Å². The van der Waals surface area contributed by atoms with Gasteiger partial charge in [0.2, 0.25) is 0 Å². The third kappa shape index (κ3) is 3.27. The summed E-state index contributed by atoms with van der Waals surface area (Å²) in [6.45, 7) is 5.86. The molecule has 1 aromatic rings. The van der Waals surface area contributed by atoms with Crippen LogP contribution in [0.4, 0.5) is 0 Å². The molecule has 0 amide bonds. The van der Waals surface area contributed by atoms with Gasteiger partial charge in [-0.05, 0) is 73.2 Å². The molecule has 1 fully saturated rings. The molecule has 3 rings (SSSR count). The standard InChI is InChI=1S/C20H31NO2/c1-14(2)13-23-17-5-4-15-11-20(19(12-21)18(15)10-17)8-6-16(22-3)7-9-20/h4-5,10,14,16,19H,6-9,11-13,21H2,1-3H3/t16-,19?,20-. The van der Waals surface area contributed by atoms with E-state index < -0.39 is 0 Å². The van der Waals surface area contributed by atoms with Gasteiger partial charge >= 0.3 is 0 Å². The first kappa shape index (κ1) is 16.8. The Bertz CT molecular complexity index is 532. The summed E-state index contributed by atoms with van der Waals surface area (Å²) in [5.41, 5.74) is 9.49. The minimum Gasteiger partial charge on any atom is -0.493 e. The molecule has 1 atom stereocenters. The predicted octanol–water partition coefficient (Wildman–Crippen LogP) is 3.90. The quantitative estimate of drug-likeness (QED) is 0.896. The summed E-state index contributed by atoms with van der Waals surface area (Å²) in [7, 11) is 1.84. The van der Waals surface area contributed by atoms with Crippen molar-refractivity contribution < 1.29 is 9.47 Å². The van der Waals surface area contributed by atoms with Crippen molar-refractivity contribution in [2.75, 3.05) is 20.3 Å². The van der Waals surface area contributed by atoms with Crippen LogP contribution in [-0.2, 0) is 11.2 Å². The van der Waals surface area contributed by atoms with E-state index in [9.17, 15) is 0 Å². The van der Waals surface area contributed by atoms with Crippen molar-refractivity contribution in [1.29, 1.82) is 0 Å². The lowest BCUT2D eigenvalue weighted by atomic mass is 9.65. The molecule has 3 heteroatoms. The zero-order chi connectivity index (χ0) is 16.4. The lowest BCUT2D eigenvalue weighted by molar-refractivity contribution is 0.0210. The molecule has 2 aliphatic rings. The van der Waals surface area contributed by atoms with E-state index in [-0.39, 0.29) is 0 Å². The minimum atomic E-state index is 0.350. The number of nitrogens with two attached hydrogens (primary N) is 1. The second-order valence-corrected chi connectivity index (χ2v) is 7.83. The smallest absolute Gasteiger partial charge is 0.119 e. The van der Waals surface area contributed by atoms with E-state index in [0.29, 0.717) is 23.4 Å². The van der Waals surface area contributed by atoms with Gasteiger partial charge < -0.3 is 15.2 Å². The normalized spacial score (nSPS) is 30.0. The average Bonchev–Trinajstić information content (AvgIpc) is 2.85. The Morgan fingerprint density at radius 2 is 2.00 bits per heavy atom. The van der Waals surface area contributed by atoms with Crippen molar-refractivity contribution in [2.45, 2.75) is 58.0 Å². The lowest BCUT2D eigenvalue weighted by Gasteiger charge is -2.41. The maximum Gasteiger partial charge on any atom is 0.119 e. The SMILES string of the molecule is CO[C@H]1CC[C@]2(CC1)Cc1ccc(OCC(C)C)cc1C2CN. The van der Waals surface area contributed by atoms with E-state index in [1.807, 2.05) is 7.11 Å². The Balaban J connectivity index is 1.80. The Hall–Kier alpha value is -1.06. The van der Waals surface area contributed by atoms with Crippen LogP contribution in [0.3, 0.4) is 0 Å². The van der Waals surface area contributed by atoms with Gasteiger partial charge in [0.05, 0.1) is 12.7 Å². The topological polar surface area (TPSA) is 44.5 Å². The first-order chi connectivity index (χ1) is 11.1. The van der Waals surface area contributed by atoms with Crippen LogP contribution in [-0.4, -0.2) is 26.4 Å². The van der Waals surface area contributed by atoms with Crippen LogP contribution in [0.2, 0.25) is 0 Å². The van der Waals surface area contributed by atoms with Crippen LogP contribution in [0.1, 0.15) is 56.6 Å². The minimum absolute atomic E-state index is 0.350. The van der Waals surface area contributed by atoms with Gasteiger partial charge in [-0.1, -0.05) is 19.9 Å². The predicted molar refractivity (Wildman–Crippen MR) is 94.0 cm³/mol. The number of hydrogen-bond acceptors (Lipinski definition) is 3. The van der Waals surface area contributed by atoms with Crippen molar-refractivity contribution in [2.24, 2.45) is 17.1 Å². The van der Waals surface area contributed by atoms with Crippen LogP contribution >= 0.6 is 0 Å². The third-order valence-corrected chi connectivity index (χ3v) is 5.86. The summed E-state index contributed by atoms with van der Waals surface area (Å²) < 4.78 is 11.5. The molecular formula is C20H31NO2. The van der Waals surface area contributed by atoms with Crippen molar-refractivity contribution in [1.82, 2.24) is 0 Å². The fourth-order valence-corrected chi connectivity index (χ4v) is 4.55. The average molecular weight is 317 g/mol. The molecule has 1 spiro atoms. The number of benzene rings is 1. The number of ether oxygens (including phenoxy) is 2. The molecule has 0 heterocycles. The van der Waals surface area contributed by atoms with E-state index >= 15 is 0 Å². The maximum atomic E-state index is 6.22. The summed E-state index contributed by atoms with van der Waals surface area (Å²) in [5.74, 6) is 2.01. The molecule has 1 unspecified atom stereocenters. The van der Waals surface area contributed by atoms with Crippen molar-refractivity contribution in [3.05, 3.63) is 29.3 Å². The summed E-state index contributed by atoms with van der Waals surface area (Å²) in [4.78, 5) is 0. The third-order valence-electron chi connectivity index (χ3n) is 5.86. The second-order valence-electron chi connectivity index (χ2n) is 7.83. The van der Waals surface area contributed by atoms with Gasteiger partial charge in [-0.2, -0.15) is 0 Å². The van der Waals surface area contributed by atoms with E-state index in [1.165, 1.54) is 30.4 Å². The van der Waals surface area contributed by atoms with E-state index in [1.54, 1.807) is 0 Å². The number of rotatable bonds is 5. The number of hydrogen-bond donors (Lipinski definition) is 1. The fourth-order valence-electron chi connectivity index (χ4n) is 4.55. The summed E-state index contributed by atoms with van der Waals surface area (Å²) >= 11 is 0. The zero-order valence-corrected chi connectivity index (χ0v) is 14.8. The molecule has 128 valence electrons. The van der Waals surface area contributed by atoms with Crippen molar-refractivity contribution in [3.63, 3.8) is 0 Å². The van der Waals surface area contributed by atoms with Gasteiger partial charge in [0.25, 0.3) is 0 Å². The first-order valence-corrected chi connectivity index (χ1v) is 9.06. The van der Waals surface area contributed by atoms with E-state index in [2.05, 4.69) is 32.0 Å². The second kappa shape index (κ2) is 6.82. The van der Waals surface area contributed by atoms with Gasteiger partial charge in [-0.25, -0.2) is 0 Å². The zero-order valence-electron chi connectivity index (χ0n) is 14.8. The summed E-state index contributed by atoms with van der Waals surface area (Å²) in [5, 5.41) is 0. The molecule has 0 radical (unpaired) electrons. The molecule has 0 bridgehead atoms. The molecule has 0 aromatic heterocycles. The summed E-state index contributed by atoms with van der Waals surface area (Å²) in [6.07, 6.45) is 6.39. The molecule has 23 heavy (non-hydrogen) atoms. The van der Waals surface area contributed by atoms with Crippen molar-refractivity contribution >= 4 is 0 Å². The number of fused-ring (bicyclic) bond motifs is 1. The van der Waals surface area contributed by atoms with Gasteiger partial charge in [-0.15, -0.1) is 0 Å². The number of methoxy groups -OCH3 is 1. The molecule has 1 saturated carbocycles. The Morgan fingerprint density at radius 3 is 2.61 bits per heavy atom. The van der Waals surface area contributed by atoms with Gasteiger partial charge in [0.15, 0.2) is 0 Å². The Morgan fingerprint density at radius 1 is 1.26 bits per heavy atom. The molecule has 3 nitrogen and oxygen atoms in total. The van der Waals surface area contributed by atoms with E-state index in [0.717, 1.165) is 31.7 Å². The van der Waals surface area contributed by atoms with Crippen LogP contribution < -0.4 is 10.5 Å². The Kier molecular flexibility index (Phi) is 4.98. The highest BCUT2D eigenvalue weighted by molar-refractivity contribution is 5.44. The molecular weight excluding hydrogens is 286 g/mol. The molecule has 2 N–H and O–H groups in total. The van der Waals surface area contributed by atoms with Crippen LogP contribution in [0.5, 0.6) is 5.75 Å². The van der Waals surface area contributed by atoms with Gasteiger partial charge in [0.1, 0.15) is 5.75 Å². The first-order valence-electron chi connectivity index (χ1n) is 9.06. The maximum absolute atomic E-state index is 6.22. The fraction of sp³-hybridized carbons (Fsp3) is 0.700. The highest BCUT2D eigenvalue weighted by Crippen LogP contribution is 2.55. The van der Waals surface area contributed by atoms with Gasteiger partial charge in [0, 0.05) is 13.0 Å². The summed E-state index contributed by atoms with van der Waals surface area (Å²) in [6, 6.07) is 6.66. The highest BCUT2D eigenvalue weighted by atomic mass is 16.5. The Labute approximate surface area is 140 Å². The van der Waals surface area contributed by atoms with Gasteiger partial charge in [-0.3, -0.25) is 0 Å². The van der Waals surface area contributed by atoms with Crippen LogP contribution in [0.25, 0.3) is 0 Å². The largest absolute Gasteiger partial charge is 0.493 e. The molecule has 1 aromatic carbocycles.